The van der Waals surface area contributed by atoms with Gasteiger partial charge in [0.15, 0.2) is 0 Å². The Hall–Kier alpha value is -1.69. The molecule has 2 rings (SSSR count). The van der Waals surface area contributed by atoms with Crippen molar-refractivity contribution in [1.29, 1.82) is 0 Å². The molecule has 2 heterocycles. The van der Waals surface area contributed by atoms with Crippen LogP contribution in [0.2, 0.25) is 0 Å². The van der Waals surface area contributed by atoms with Crippen molar-refractivity contribution in [3.05, 3.63) is 30.1 Å². The number of nitrogens with zero attached hydrogens (tertiary/aromatic N) is 5. The van der Waals surface area contributed by atoms with Crippen LogP contribution in [0.5, 0.6) is 0 Å². The lowest BCUT2D eigenvalue weighted by Crippen LogP contribution is -2.35. The number of hydrogen-bond donors (Lipinski definition) is 1. The molecule has 0 fully saturated rings. The van der Waals surface area contributed by atoms with Gasteiger partial charge in [-0.1, -0.05) is 0 Å². The zero-order valence-electron chi connectivity index (χ0n) is 13.0. The average Bonchev–Trinajstić information content (AvgIpc) is 2.95. The highest BCUT2D eigenvalue weighted by atomic mass is 15.4. The van der Waals surface area contributed by atoms with Crippen LogP contribution in [0.3, 0.4) is 0 Å². The molecular weight excluding hydrogens is 252 g/mol. The van der Waals surface area contributed by atoms with Crippen molar-refractivity contribution in [3.8, 4) is 0 Å². The largest absolute Gasteiger partial charge is 0.306 e. The second kappa shape index (κ2) is 5.75. The monoisotopic (exact) mass is 276 g/mol. The summed E-state index contributed by atoms with van der Waals surface area (Å²) in [5.41, 5.74) is 1.14. The van der Waals surface area contributed by atoms with E-state index in [1.165, 1.54) is 0 Å². The van der Waals surface area contributed by atoms with E-state index in [0.29, 0.717) is 12.6 Å². The Kier molecular flexibility index (Phi) is 4.23. The minimum absolute atomic E-state index is 0.0988. The zero-order chi connectivity index (χ0) is 14.8. The van der Waals surface area contributed by atoms with Crippen LogP contribution in [-0.4, -0.2) is 30.1 Å². The molecule has 0 atom stereocenters. The molecule has 0 aliphatic heterocycles. The number of nitrogens with one attached hydrogen (secondary N) is 1. The Morgan fingerprint density at radius 3 is 2.70 bits per heavy atom. The topological polar surface area (TPSA) is 60.6 Å². The number of hydrogen-bond acceptors (Lipinski definition) is 4. The minimum atomic E-state index is 0.0988. The SMILES string of the molecule is CC(C)n1ncnc1Cn1ccc(CNC(C)(C)C)n1. The summed E-state index contributed by atoms with van der Waals surface area (Å²) in [7, 11) is 0. The first-order valence-electron chi connectivity index (χ1n) is 7.01. The molecule has 2 aromatic heterocycles. The van der Waals surface area contributed by atoms with E-state index in [1.807, 2.05) is 21.6 Å². The van der Waals surface area contributed by atoms with Gasteiger partial charge in [-0.2, -0.15) is 10.2 Å². The first kappa shape index (κ1) is 14.7. The smallest absolute Gasteiger partial charge is 0.148 e. The van der Waals surface area contributed by atoms with Crippen molar-refractivity contribution in [2.75, 3.05) is 0 Å². The number of rotatable bonds is 5. The summed E-state index contributed by atoms with van der Waals surface area (Å²) >= 11 is 0. The molecule has 0 radical (unpaired) electrons. The summed E-state index contributed by atoms with van der Waals surface area (Å²) in [4.78, 5) is 4.30. The Morgan fingerprint density at radius 2 is 2.05 bits per heavy atom. The minimum Gasteiger partial charge on any atom is -0.306 e. The van der Waals surface area contributed by atoms with Gasteiger partial charge in [-0.05, 0) is 40.7 Å². The van der Waals surface area contributed by atoms with E-state index in [1.54, 1.807) is 6.33 Å². The lowest BCUT2D eigenvalue weighted by atomic mass is 10.1. The van der Waals surface area contributed by atoms with Gasteiger partial charge >= 0.3 is 0 Å². The molecule has 0 aliphatic carbocycles. The molecule has 6 nitrogen and oxygen atoms in total. The summed E-state index contributed by atoms with van der Waals surface area (Å²) in [6.07, 6.45) is 3.58. The van der Waals surface area contributed by atoms with Crippen molar-refractivity contribution >= 4 is 0 Å². The summed E-state index contributed by atoms with van der Waals surface area (Å²) in [6.45, 7) is 12.1. The van der Waals surface area contributed by atoms with Crippen LogP contribution in [0.4, 0.5) is 0 Å². The Balaban J connectivity index is 2.01. The normalized spacial score (nSPS) is 12.3. The highest BCUT2D eigenvalue weighted by Gasteiger charge is 2.11. The van der Waals surface area contributed by atoms with Gasteiger partial charge in [-0.25, -0.2) is 9.67 Å². The quantitative estimate of drug-likeness (QED) is 0.907. The van der Waals surface area contributed by atoms with Crippen LogP contribution in [0.15, 0.2) is 18.6 Å². The fourth-order valence-corrected chi connectivity index (χ4v) is 1.91. The molecular formula is C14H24N6. The first-order chi connectivity index (χ1) is 9.35. The van der Waals surface area contributed by atoms with E-state index in [2.05, 4.69) is 55.1 Å². The Labute approximate surface area is 120 Å². The molecule has 20 heavy (non-hydrogen) atoms. The van der Waals surface area contributed by atoms with Gasteiger partial charge in [0.05, 0.1) is 5.69 Å². The predicted octanol–water partition coefficient (Wildman–Crippen LogP) is 1.99. The number of aromatic nitrogens is 5. The summed E-state index contributed by atoms with van der Waals surface area (Å²) in [5, 5.41) is 12.2. The van der Waals surface area contributed by atoms with Crippen molar-refractivity contribution in [2.45, 2.75) is 59.3 Å². The molecule has 2 aromatic rings. The fraction of sp³-hybridized carbons (Fsp3) is 0.643. The van der Waals surface area contributed by atoms with Crippen LogP contribution in [0.25, 0.3) is 0 Å². The third kappa shape index (κ3) is 3.90. The molecule has 0 unspecified atom stereocenters. The van der Waals surface area contributed by atoms with Gasteiger partial charge in [-0.15, -0.1) is 0 Å². The molecule has 0 aromatic carbocycles. The Morgan fingerprint density at radius 1 is 1.30 bits per heavy atom. The average molecular weight is 276 g/mol. The maximum absolute atomic E-state index is 4.56. The molecule has 0 spiro atoms. The second-order valence-corrected chi connectivity index (χ2v) is 6.32. The van der Waals surface area contributed by atoms with Gasteiger partial charge in [0, 0.05) is 24.3 Å². The highest BCUT2D eigenvalue weighted by Crippen LogP contribution is 2.07. The van der Waals surface area contributed by atoms with Gasteiger partial charge in [0.25, 0.3) is 0 Å². The first-order valence-corrected chi connectivity index (χ1v) is 7.01. The van der Waals surface area contributed by atoms with E-state index in [4.69, 9.17) is 0 Å². The summed E-state index contributed by atoms with van der Waals surface area (Å²) in [5.74, 6) is 0.929. The van der Waals surface area contributed by atoms with Crippen LogP contribution < -0.4 is 5.32 Å². The molecule has 0 saturated heterocycles. The lowest BCUT2D eigenvalue weighted by Gasteiger charge is -2.19. The van der Waals surface area contributed by atoms with E-state index in [-0.39, 0.29) is 5.54 Å². The summed E-state index contributed by atoms with van der Waals surface area (Å²) < 4.78 is 3.83. The van der Waals surface area contributed by atoms with Gasteiger partial charge in [0.2, 0.25) is 0 Å². The molecule has 1 N–H and O–H groups in total. The second-order valence-electron chi connectivity index (χ2n) is 6.32. The third-order valence-electron chi connectivity index (χ3n) is 2.94. The van der Waals surface area contributed by atoms with E-state index < -0.39 is 0 Å². The van der Waals surface area contributed by atoms with Crippen LogP contribution in [0, 0.1) is 0 Å². The van der Waals surface area contributed by atoms with Crippen LogP contribution in [0.1, 0.15) is 52.2 Å². The van der Waals surface area contributed by atoms with Crippen LogP contribution >= 0.6 is 0 Å². The van der Waals surface area contributed by atoms with E-state index in [0.717, 1.165) is 18.1 Å². The van der Waals surface area contributed by atoms with Crippen LogP contribution in [-0.2, 0) is 13.1 Å². The molecule has 6 heteroatoms. The molecule has 110 valence electrons. The predicted molar refractivity (Wildman–Crippen MR) is 78.3 cm³/mol. The third-order valence-corrected chi connectivity index (χ3v) is 2.94. The van der Waals surface area contributed by atoms with Gasteiger partial charge in [0.1, 0.15) is 18.7 Å². The molecule has 0 bridgehead atoms. The standard InChI is InChI=1S/C14H24N6/c1-11(2)20-13(15-10-17-20)9-19-7-6-12(18-19)8-16-14(3,4)5/h6-7,10-11,16H,8-9H2,1-5H3. The molecule has 0 saturated carbocycles. The highest BCUT2D eigenvalue weighted by molar-refractivity contribution is 5.01. The van der Waals surface area contributed by atoms with Gasteiger partial charge in [-0.3, -0.25) is 4.68 Å². The van der Waals surface area contributed by atoms with Gasteiger partial charge < -0.3 is 5.32 Å². The summed E-state index contributed by atoms with van der Waals surface area (Å²) in [6, 6.07) is 2.35. The fourth-order valence-electron chi connectivity index (χ4n) is 1.91. The zero-order valence-corrected chi connectivity index (χ0v) is 13.0. The van der Waals surface area contributed by atoms with Crippen molar-refractivity contribution < 1.29 is 0 Å². The van der Waals surface area contributed by atoms with Crippen molar-refractivity contribution in [1.82, 2.24) is 29.9 Å². The Bertz CT molecular complexity index is 546. The maximum Gasteiger partial charge on any atom is 0.148 e. The van der Waals surface area contributed by atoms with Crippen molar-refractivity contribution in [3.63, 3.8) is 0 Å². The van der Waals surface area contributed by atoms with Crippen molar-refractivity contribution in [2.24, 2.45) is 0 Å². The molecule has 0 amide bonds. The van der Waals surface area contributed by atoms with E-state index >= 15 is 0 Å². The molecule has 0 aliphatic rings. The maximum atomic E-state index is 4.56. The lowest BCUT2D eigenvalue weighted by molar-refractivity contribution is 0.419. The van der Waals surface area contributed by atoms with E-state index in [9.17, 15) is 0 Å².